The third-order valence-electron chi connectivity index (χ3n) is 6.29. The number of nitrogens with zero attached hydrogens (tertiary/aromatic N) is 3. The summed E-state index contributed by atoms with van der Waals surface area (Å²) in [5.74, 6) is 0. The van der Waals surface area contributed by atoms with Crippen LogP contribution in [0.15, 0.2) is 43.2 Å². The number of hydrogen-bond acceptors (Lipinski definition) is 4. The summed E-state index contributed by atoms with van der Waals surface area (Å²) in [5, 5.41) is 4.63. The summed E-state index contributed by atoms with van der Waals surface area (Å²) in [4.78, 5) is 13.0. The maximum Gasteiger partial charge on any atom is 0.137 e. The second kappa shape index (κ2) is 7.65. The van der Waals surface area contributed by atoms with Crippen molar-refractivity contribution in [2.45, 2.75) is 19.4 Å². The van der Waals surface area contributed by atoms with E-state index in [2.05, 4.69) is 64.2 Å². The summed E-state index contributed by atoms with van der Waals surface area (Å²) in [7, 11) is 2.20. The molecule has 0 saturated carbocycles. The molecule has 150 valence electrons. The molecule has 0 radical (unpaired) electrons. The Bertz CT molecular complexity index is 1040. The highest BCUT2D eigenvalue weighted by molar-refractivity contribution is 5.94. The molecule has 0 unspecified atom stereocenters. The number of piperazine rings is 1. The Kier molecular flexibility index (Phi) is 4.86. The van der Waals surface area contributed by atoms with Crippen molar-refractivity contribution in [1.82, 2.24) is 25.1 Å². The zero-order valence-corrected chi connectivity index (χ0v) is 17.2. The number of aryl methyl sites for hydroxylation is 1. The van der Waals surface area contributed by atoms with Gasteiger partial charge in [0.15, 0.2) is 0 Å². The Labute approximate surface area is 172 Å². The lowest BCUT2D eigenvalue weighted by Gasteiger charge is -2.32. The number of rotatable bonds is 3. The van der Waals surface area contributed by atoms with E-state index in [1.54, 1.807) is 0 Å². The average Bonchev–Trinajstić information content (AvgIpc) is 3.06. The number of nitrogens with one attached hydrogen (secondary N) is 2. The molecule has 3 aromatic rings. The fraction of sp³-hybridized carbons (Fsp3) is 0.375. The Morgan fingerprint density at radius 1 is 1.10 bits per heavy atom. The van der Waals surface area contributed by atoms with Crippen molar-refractivity contribution in [2.75, 3.05) is 39.8 Å². The third-order valence-corrected chi connectivity index (χ3v) is 6.29. The minimum Gasteiger partial charge on any atom is -0.385 e. The lowest BCUT2D eigenvalue weighted by atomic mass is 9.96. The topological polar surface area (TPSA) is 47.2 Å². The molecule has 1 aromatic carbocycles. The largest absolute Gasteiger partial charge is 0.385 e. The van der Waals surface area contributed by atoms with Gasteiger partial charge >= 0.3 is 0 Å². The zero-order valence-electron chi connectivity index (χ0n) is 17.2. The number of aromatic amines is 1. The first-order valence-electron chi connectivity index (χ1n) is 10.6. The van der Waals surface area contributed by atoms with Crippen LogP contribution in [0, 0.1) is 0 Å². The lowest BCUT2D eigenvalue weighted by Crippen LogP contribution is -2.43. The Morgan fingerprint density at radius 3 is 2.83 bits per heavy atom. The van der Waals surface area contributed by atoms with Crippen LogP contribution < -0.4 is 5.32 Å². The van der Waals surface area contributed by atoms with Gasteiger partial charge in [-0.25, -0.2) is 4.98 Å². The predicted molar refractivity (Wildman–Crippen MR) is 120 cm³/mol. The third kappa shape index (κ3) is 3.68. The van der Waals surface area contributed by atoms with E-state index in [0.717, 1.165) is 63.5 Å². The first-order valence-corrected chi connectivity index (χ1v) is 10.6. The molecule has 0 bridgehead atoms. The molecule has 2 aromatic heterocycles. The van der Waals surface area contributed by atoms with Crippen LogP contribution in [0.5, 0.6) is 0 Å². The molecule has 0 atom stereocenters. The van der Waals surface area contributed by atoms with Crippen molar-refractivity contribution in [1.29, 1.82) is 0 Å². The van der Waals surface area contributed by atoms with Gasteiger partial charge < -0.3 is 15.2 Å². The van der Waals surface area contributed by atoms with Crippen LogP contribution in [0.2, 0.25) is 0 Å². The van der Waals surface area contributed by atoms with Crippen molar-refractivity contribution in [3.63, 3.8) is 0 Å². The molecule has 1 saturated heterocycles. The lowest BCUT2D eigenvalue weighted by molar-refractivity contribution is 0.148. The van der Waals surface area contributed by atoms with E-state index >= 15 is 0 Å². The van der Waals surface area contributed by atoms with Crippen LogP contribution in [-0.2, 0) is 13.0 Å². The van der Waals surface area contributed by atoms with E-state index in [9.17, 15) is 0 Å². The minimum atomic E-state index is 0.961. The van der Waals surface area contributed by atoms with Gasteiger partial charge in [-0.15, -0.1) is 0 Å². The molecular formula is C24H29N5. The smallest absolute Gasteiger partial charge is 0.137 e. The second-order valence-corrected chi connectivity index (χ2v) is 8.40. The van der Waals surface area contributed by atoms with Crippen molar-refractivity contribution >= 4 is 16.7 Å². The first-order chi connectivity index (χ1) is 14.2. The molecule has 5 rings (SSSR count). The van der Waals surface area contributed by atoms with Crippen LogP contribution >= 0.6 is 0 Å². The highest BCUT2D eigenvalue weighted by Crippen LogP contribution is 2.32. The van der Waals surface area contributed by atoms with Crippen LogP contribution in [-0.4, -0.2) is 59.5 Å². The van der Waals surface area contributed by atoms with Gasteiger partial charge in [0.2, 0.25) is 0 Å². The summed E-state index contributed by atoms with van der Waals surface area (Å²) in [5.41, 5.74) is 8.41. The monoisotopic (exact) mass is 387 g/mol. The van der Waals surface area contributed by atoms with Crippen LogP contribution in [0.25, 0.3) is 27.9 Å². The highest BCUT2D eigenvalue weighted by atomic mass is 15.2. The van der Waals surface area contributed by atoms with E-state index in [1.165, 1.54) is 33.2 Å². The number of fused-ring (bicyclic) bond motifs is 2. The standard InChI is InChI=1S/C24H29N5/c1-17-21-6-5-20(13-19(21)4-3-7-25-17)23-15-27-24-22(23)12-18(14-26-24)16-29-10-8-28(2)9-11-29/h5-6,12-15,25H,1,3-4,7-11,16H2,2H3,(H,26,27). The molecule has 4 heterocycles. The number of aromatic nitrogens is 2. The molecule has 5 nitrogen and oxygen atoms in total. The molecule has 2 N–H and O–H groups in total. The Balaban J connectivity index is 1.46. The van der Waals surface area contributed by atoms with E-state index < -0.39 is 0 Å². The fourth-order valence-electron chi connectivity index (χ4n) is 4.51. The molecule has 0 aliphatic carbocycles. The van der Waals surface area contributed by atoms with E-state index in [-0.39, 0.29) is 0 Å². The number of benzene rings is 1. The van der Waals surface area contributed by atoms with E-state index in [4.69, 9.17) is 4.98 Å². The van der Waals surface area contributed by atoms with Gasteiger partial charge in [-0.3, -0.25) is 4.90 Å². The Hall–Kier alpha value is -2.63. The van der Waals surface area contributed by atoms with Crippen LogP contribution in [0.1, 0.15) is 23.1 Å². The summed E-state index contributed by atoms with van der Waals surface area (Å²) in [6.07, 6.45) is 6.35. The van der Waals surface area contributed by atoms with Crippen LogP contribution in [0.3, 0.4) is 0 Å². The van der Waals surface area contributed by atoms with Crippen molar-refractivity contribution in [3.8, 4) is 11.1 Å². The Morgan fingerprint density at radius 2 is 1.97 bits per heavy atom. The summed E-state index contributed by atoms with van der Waals surface area (Å²) in [6, 6.07) is 9.08. The highest BCUT2D eigenvalue weighted by Gasteiger charge is 2.16. The molecule has 2 aliphatic rings. The number of likely N-dealkylation sites (N-methyl/N-ethyl adjacent to an activating group) is 1. The van der Waals surface area contributed by atoms with Crippen LogP contribution in [0.4, 0.5) is 0 Å². The first kappa shape index (κ1) is 18.4. The summed E-state index contributed by atoms with van der Waals surface area (Å²) in [6.45, 7) is 10.7. The maximum absolute atomic E-state index is 4.71. The average molecular weight is 388 g/mol. The van der Waals surface area contributed by atoms with Crippen molar-refractivity contribution in [2.24, 2.45) is 0 Å². The minimum absolute atomic E-state index is 0.961. The summed E-state index contributed by atoms with van der Waals surface area (Å²) >= 11 is 0. The van der Waals surface area contributed by atoms with Crippen molar-refractivity contribution < 1.29 is 0 Å². The van der Waals surface area contributed by atoms with Gasteiger partial charge in [0.1, 0.15) is 5.65 Å². The predicted octanol–water partition coefficient (Wildman–Crippen LogP) is 3.48. The molecule has 0 amide bonds. The molecule has 2 aliphatic heterocycles. The SMILES string of the molecule is C=C1NCCCc2cc(-c3c[nH]c4ncc(CN5CCN(C)CC5)cc34)ccc21. The quantitative estimate of drug-likeness (QED) is 0.722. The number of H-pyrrole nitrogens is 1. The van der Waals surface area contributed by atoms with Gasteiger partial charge in [-0.05, 0) is 42.6 Å². The van der Waals surface area contributed by atoms with Gasteiger partial charge in [0.05, 0.1) is 0 Å². The molecule has 5 heteroatoms. The fourth-order valence-corrected chi connectivity index (χ4v) is 4.51. The van der Waals surface area contributed by atoms with Gasteiger partial charge in [-0.1, -0.05) is 24.8 Å². The second-order valence-electron chi connectivity index (χ2n) is 8.40. The van der Waals surface area contributed by atoms with E-state index in [0.29, 0.717) is 0 Å². The normalized spacial score (nSPS) is 18.4. The van der Waals surface area contributed by atoms with E-state index in [1.807, 2.05) is 6.20 Å². The number of pyridine rings is 1. The molecule has 1 fully saturated rings. The molecule has 29 heavy (non-hydrogen) atoms. The zero-order chi connectivity index (χ0) is 19.8. The molecule has 0 spiro atoms. The van der Waals surface area contributed by atoms with Gasteiger partial charge in [0, 0.05) is 73.9 Å². The number of hydrogen-bond donors (Lipinski definition) is 2. The maximum atomic E-state index is 4.71. The van der Waals surface area contributed by atoms with Crippen molar-refractivity contribution in [3.05, 3.63) is 59.9 Å². The summed E-state index contributed by atoms with van der Waals surface area (Å²) < 4.78 is 0. The van der Waals surface area contributed by atoms with Gasteiger partial charge in [-0.2, -0.15) is 0 Å². The van der Waals surface area contributed by atoms with Gasteiger partial charge in [0.25, 0.3) is 0 Å². The molecular weight excluding hydrogens is 358 g/mol.